The lowest BCUT2D eigenvalue weighted by atomic mass is 9.99. The van der Waals surface area contributed by atoms with E-state index in [0.717, 1.165) is 34.2 Å². The molecule has 2 aromatic carbocycles. The SMILES string of the molecule is O=C(O)c1nc(C2=C(c3cc(Br)ccc3OCc3c(F)ccc(F)c3F)CCC2)ccc1Cl. The van der Waals surface area contributed by atoms with Crippen LogP contribution in [0.1, 0.15) is 46.6 Å². The van der Waals surface area contributed by atoms with Gasteiger partial charge in [-0.25, -0.2) is 22.9 Å². The number of aromatic carboxylic acids is 1. The first kappa shape index (κ1) is 23.3. The van der Waals surface area contributed by atoms with Crippen molar-refractivity contribution in [3.8, 4) is 5.75 Å². The molecular weight excluding hydrogens is 523 g/mol. The smallest absolute Gasteiger partial charge is 0.356 e. The van der Waals surface area contributed by atoms with Gasteiger partial charge in [0.25, 0.3) is 0 Å². The fourth-order valence-electron chi connectivity index (χ4n) is 3.80. The molecule has 0 radical (unpaired) electrons. The quantitative estimate of drug-likeness (QED) is 0.335. The molecule has 0 fully saturated rings. The Morgan fingerprint density at radius 2 is 1.79 bits per heavy atom. The highest BCUT2D eigenvalue weighted by molar-refractivity contribution is 9.10. The third kappa shape index (κ3) is 4.77. The van der Waals surface area contributed by atoms with Gasteiger partial charge in [0.15, 0.2) is 17.3 Å². The molecule has 0 amide bonds. The van der Waals surface area contributed by atoms with E-state index < -0.39 is 35.6 Å². The molecule has 0 spiro atoms. The zero-order chi connectivity index (χ0) is 23.7. The molecule has 3 aromatic rings. The van der Waals surface area contributed by atoms with Gasteiger partial charge < -0.3 is 9.84 Å². The van der Waals surface area contributed by atoms with Crippen molar-refractivity contribution < 1.29 is 27.8 Å². The van der Waals surface area contributed by atoms with Crippen LogP contribution in [0.2, 0.25) is 5.02 Å². The summed E-state index contributed by atoms with van der Waals surface area (Å²) in [5, 5.41) is 9.40. The van der Waals surface area contributed by atoms with Crippen LogP contribution in [0.3, 0.4) is 0 Å². The lowest BCUT2D eigenvalue weighted by molar-refractivity contribution is 0.0690. The summed E-state index contributed by atoms with van der Waals surface area (Å²) in [6.07, 6.45) is 2.12. The van der Waals surface area contributed by atoms with Crippen molar-refractivity contribution in [2.75, 3.05) is 0 Å². The van der Waals surface area contributed by atoms with Crippen LogP contribution in [0.15, 0.2) is 46.9 Å². The molecule has 9 heteroatoms. The first-order valence-electron chi connectivity index (χ1n) is 9.93. The minimum atomic E-state index is -1.29. The molecule has 4 rings (SSSR count). The lowest BCUT2D eigenvalue weighted by Crippen LogP contribution is -2.06. The van der Waals surface area contributed by atoms with Crippen LogP contribution < -0.4 is 4.74 Å². The summed E-state index contributed by atoms with van der Waals surface area (Å²) in [4.78, 5) is 15.7. The van der Waals surface area contributed by atoms with Crippen LogP contribution in [-0.4, -0.2) is 16.1 Å². The Kier molecular flexibility index (Phi) is 6.76. The molecule has 1 heterocycles. The molecule has 4 nitrogen and oxygen atoms in total. The number of ether oxygens (including phenoxy) is 1. The Morgan fingerprint density at radius 3 is 2.55 bits per heavy atom. The summed E-state index contributed by atoms with van der Waals surface area (Å²) in [5.74, 6) is -4.23. The minimum absolute atomic E-state index is 0.0389. The predicted octanol–water partition coefficient (Wildman–Crippen LogP) is 7.29. The summed E-state index contributed by atoms with van der Waals surface area (Å²) in [7, 11) is 0. The number of halogens is 5. The predicted molar refractivity (Wildman–Crippen MR) is 122 cm³/mol. The Labute approximate surface area is 200 Å². The van der Waals surface area contributed by atoms with Crippen LogP contribution in [-0.2, 0) is 6.61 Å². The van der Waals surface area contributed by atoms with E-state index in [0.29, 0.717) is 29.8 Å². The maximum Gasteiger partial charge on any atom is 0.356 e. The Hall–Kier alpha value is -2.84. The average molecular weight is 539 g/mol. The number of hydrogen-bond donors (Lipinski definition) is 1. The maximum absolute atomic E-state index is 14.1. The molecule has 0 bridgehead atoms. The highest BCUT2D eigenvalue weighted by Gasteiger charge is 2.24. The summed E-state index contributed by atoms with van der Waals surface area (Å²) in [5.41, 5.74) is 2.11. The average Bonchev–Trinajstić information content (AvgIpc) is 3.27. The van der Waals surface area contributed by atoms with Crippen molar-refractivity contribution in [1.29, 1.82) is 0 Å². The van der Waals surface area contributed by atoms with Gasteiger partial charge in [0.05, 0.1) is 16.3 Å². The van der Waals surface area contributed by atoms with E-state index in [2.05, 4.69) is 20.9 Å². The molecule has 0 atom stereocenters. The van der Waals surface area contributed by atoms with E-state index in [1.165, 1.54) is 6.07 Å². The van der Waals surface area contributed by atoms with Crippen molar-refractivity contribution in [2.24, 2.45) is 0 Å². The van der Waals surface area contributed by atoms with Gasteiger partial charge in [-0.3, -0.25) is 0 Å². The number of carboxylic acid groups (broad SMARTS) is 1. The number of aromatic nitrogens is 1. The lowest BCUT2D eigenvalue weighted by Gasteiger charge is -2.16. The number of hydrogen-bond acceptors (Lipinski definition) is 3. The highest BCUT2D eigenvalue weighted by atomic mass is 79.9. The van der Waals surface area contributed by atoms with Crippen molar-refractivity contribution in [3.05, 3.63) is 91.9 Å². The van der Waals surface area contributed by atoms with E-state index in [1.807, 2.05) is 6.07 Å². The van der Waals surface area contributed by atoms with Gasteiger partial charge in [-0.15, -0.1) is 0 Å². The molecule has 0 saturated heterocycles. The van der Waals surface area contributed by atoms with Crippen molar-refractivity contribution in [1.82, 2.24) is 4.98 Å². The van der Waals surface area contributed by atoms with Crippen LogP contribution in [0.5, 0.6) is 5.75 Å². The van der Waals surface area contributed by atoms with E-state index in [-0.39, 0.29) is 10.7 Å². The largest absolute Gasteiger partial charge is 0.488 e. The third-order valence-corrected chi connectivity index (χ3v) is 6.15. The first-order valence-corrected chi connectivity index (χ1v) is 11.1. The molecule has 0 unspecified atom stereocenters. The van der Waals surface area contributed by atoms with Crippen molar-refractivity contribution in [2.45, 2.75) is 25.9 Å². The summed E-state index contributed by atoms with van der Waals surface area (Å²) < 4.78 is 48.2. The molecule has 1 aromatic heterocycles. The zero-order valence-electron chi connectivity index (χ0n) is 17.0. The number of carbonyl (C=O) groups is 1. The normalized spacial score (nSPS) is 13.5. The third-order valence-electron chi connectivity index (χ3n) is 5.35. The minimum Gasteiger partial charge on any atom is -0.488 e. The van der Waals surface area contributed by atoms with Gasteiger partial charge in [-0.1, -0.05) is 27.5 Å². The summed E-state index contributed by atoms with van der Waals surface area (Å²) >= 11 is 9.39. The molecule has 1 aliphatic carbocycles. The van der Waals surface area contributed by atoms with Crippen LogP contribution in [0, 0.1) is 17.5 Å². The number of rotatable bonds is 6. The topological polar surface area (TPSA) is 59.4 Å². The molecule has 33 heavy (non-hydrogen) atoms. The second kappa shape index (κ2) is 9.57. The Balaban J connectivity index is 1.75. The summed E-state index contributed by atoms with van der Waals surface area (Å²) in [6.45, 7) is -0.505. The van der Waals surface area contributed by atoms with Gasteiger partial charge in [-0.05, 0) is 72.9 Å². The van der Waals surface area contributed by atoms with E-state index in [4.69, 9.17) is 16.3 Å². The molecule has 0 saturated carbocycles. The molecular formula is C24H16BrClF3NO3. The fourth-order valence-corrected chi connectivity index (χ4v) is 4.35. The first-order chi connectivity index (χ1) is 15.8. The molecule has 170 valence electrons. The van der Waals surface area contributed by atoms with Gasteiger partial charge in [0.1, 0.15) is 18.2 Å². The second-order valence-electron chi connectivity index (χ2n) is 7.39. The number of nitrogens with zero attached hydrogens (tertiary/aromatic N) is 1. The van der Waals surface area contributed by atoms with Crippen LogP contribution >= 0.6 is 27.5 Å². The van der Waals surface area contributed by atoms with Crippen LogP contribution in [0.25, 0.3) is 11.1 Å². The van der Waals surface area contributed by atoms with Crippen molar-refractivity contribution >= 4 is 44.6 Å². The van der Waals surface area contributed by atoms with Crippen LogP contribution in [0.4, 0.5) is 13.2 Å². The van der Waals surface area contributed by atoms with Gasteiger partial charge in [0, 0.05) is 10.0 Å². The Morgan fingerprint density at radius 1 is 1.06 bits per heavy atom. The molecule has 1 N–H and O–H groups in total. The number of pyridine rings is 1. The van der Waals surface area contributed by atoms with Gasteiger partial charge in [-0.2, -0.15) is 0 Å². The second-order valence-corrected chi connectivity index (χ2v) is 8.72. The van der Waals surface area contributed by atoms with Crippen molar-refractivity contribution in [3.63, 3.8) is 0 Å². The monoisotopic (exact) mass is 537 g/mol. The van der Waals surface area contributed by atoms with Gasteiger partial charge >= 0.3 is 5.97 Å². The highest BCUT2D eigenvalue weighted by Crippen LogP contribution is 2.43. The number of carboxylic acids is 1. The Bertz CT molecular complexity index is 1300. The van der Waals surface area contributed by atoms with Gasteiger partial charge in [0.2, 0.25) is 0 Å². The maximum atomic E-state index is 14.1. The van der Waals surface area contributed by atoms with E-state index >= 15 is 0 Å². The standard InChI is InChI=1S/C24H16BrClF3NO3/c25-12-4-9-21(33-11-16-18(27)6-7-19(28)22(16)29)15(10-12)13-2-1-3-14(13)20-8-5-17(26)23(30-20)24(31)32/h4-10H,1-3,11H2,(H,31,32). The number of benzene rings is 2. The van der Waals surface area contributed by atoms with E-state index in [9.17, 15) is 23.1 Å². The summed E-state index contributed by atoms with van der Waals surface area (Å²) in [6, 6.07) is 9.89. The molecule has 0 aliphatic heterocycles. The zero-order valence-corrected chi connectivity index (χ0v) is 19.3. The number of allylic oxidation sites excluding steroid dienone is 2. The molecule has 1 aliphatic rings. The van der Waals surface area contributed by atoms with E-state index in [1.54, 1.807) is 18.2 Å². The fraction of sp³-hybridized carbons (Fsp3) is 0.167.